The molecule has 2 aromatic carbocycles. The molecule has 1 saturated carbocycles. The number of nitrogens with one attached hydrogen (secondary N) is 1. The number of hydrogen-bond donors (Lipinski definition) is 1. The van der Waals surface area contributed by atoms with E-state index in [9.17, 15) is 9.59 Å². The van der Waals surface area contributed by atoms with Crippen molar-refractivity contribution in [3.05, 3.63) is 42.0 Å². The summed E-state index contributed by atoms with van der Waals surface area (Å²) < 4.78 is 0. The molecule has 0 bridgehead atoms. The lowest BCUT2D eigenvalue weighted by molar-refractivity contribution is -0.119. The van der Waals surface area contributed by atoms with E-state index in [1.54, 1.807) is 4.90 Å². The SMILES string of the molecule is O=C(CN1C(=O)c2cccc3cccc1c23)NN=C1CCCCCCC1. The highest BCUT2D eigenvalue weighted by Gasteiger charge is 2.30. The Morgan fingerprint density at radius 2 is 1.69 bits per heavy atom. The van der Waals surface area contributed by atoms with Crippen LogP contribution in [0.1, 0.15) is 55.3 Å². The summed E-state index contributed by atoms with van der Waals surface area (Å²) in [5, 5.41) is 6.28. The number of amides is 2. The lowest BCUT2D eigenvalue weighted by Crippen LogP contribution is -2.37. The number of nitrogens with zero attached hydrogens (tertiary/aromatic N) is 2. The third-order valence-corrected chi connectivity index (χ3v) is 5.22. The number of rotatable bonds is 3. The van der Waals surface area contributed by atoms with Gasteiger partial charge in [0.2, 0.25) is 0 Å². The third-order valence-electron chi connectivity index (χ3n) is 5.22. The van der Waals surface area contributed by atoms with Crippen molar-refractivity contribution in [2.75, 3.05) is 11.4 Å². The average Bonchev–Trinajstić information content (AvgIpc) is 2.89. The van der Waals surface area contributed by atoms with Crippen LogP contribution in [-0.4, -0.2) is 24.1 Å². The molecule has 4 rings (SSSR count). The van der Waals surface area contributed by atoms with Gasteiger partial charge in [-0.1, -0.05) is 43.5 Å². The zero-order valence-corrected chi connectivity index (χ0v) is 14.8. The Labute approximate surface area is 153 Å². The van der Waals surface area contributed by atoms with Gasteiger partial charge in [0.1, 0.15) is 6.54 Å². The van der Waals surface area contributed by atoms with E-state index >= 15 is 0 Å². The van der Waals surface area contributed by atoms with Gasteiger partial charge in [-0.3, -0.25) is 14.5 Å². The molecule has 2 aromatic rings. The van der Waals surface area contributed by atoms with Crippen LogP contribution in [0, 0.1) is 0 Å². The van der Waals surface area contributed by atoms with Crippen molar-refractivity contribution in [1.29, 1.82) is 0 Å². The Morgan fingerprint density at radius 1 is 1.00 bits per heavy atom. The lowest BCUT2D eigenvalue weighted by Gasteiger charge is -2.17. The maximum Gasteiger partial charge on any atom is 0.260 e. The van der Waals surface area contributed by atoms with E-state index in [1.807, 2.05) is 36.4 Å². The fourth-order valence-corrected chi connectivity index (χ4v) is 3.88. The Balaban J connectivity index is 1.47. The molecule has 5 nitrogen and oxygen atoms in total. The summed E-state index contributed by atoms with van der Waals surface area (Å²) in [5.41, 5.74) is 5.19. The molecule has 0 unspecified atom stereocenters. The first kappa shape index (κ1) is 16.8. The van der Waals surface area contributed by atoms with E-state index in [1.165, 1.54) is 19.3 Å². The molecular formula is C21H23N3O2. The van der Waals surface area contributed by atoms with Crippen molar-refractivity contribution in [2.24, 2.45) is 5.10 Å². The van der Waals surface area contributed by atoms with Crippen molar-refractivity contribution < 1.29 is 9.59 Å². The van der Waals surface area contributed by atoms with Gasteiger partial charge in [0.05, 0.1) is 5.69 Å². The minimum atomic E-state index is -0.252. The minimum Gasteiger partial charge on any atom is -0.298 e. The van der Waals surface area contributed by atoms with E-state index in [4.69, 9.17) is 0 Å². The fourth-order valence-electron chi connectivity index (χ4n) is 3.88. The fraction of sp³-hybridized carbons (Fsp3) is 0.381. The summed E-state index contributed by atoms with van der Waals surface area (Å²) in [6, 6.07) is 11.5. The minimum absolute atomic E-state index is 0.0105. The average molecular weight is 349 g/mol. The molecule has 1 N–H and O–H groups in total. The zero-order chi connectivity index (χ0) is 17.9. The van der Waals surface area contributed by atoms with Gasteiger partial charge in [0.15, 0.2) is 0 Å². The second kappa shape index (κ2) is 7.28. The topological polar surface area (TPSA) is 61.8 Å². The highest BCUT2D eigenvalue weighted by atomic mass is 16.2. The molecule has 2 amide bonds. The summed E-state index contributed by atoms with van der Waals surface area (Å²) >= 11 is 0. The van der Waals surface area contributed by atoms with Crippen molar-refractivity contribution >= 4 is 34.0 Å². The summed E-state index contributed by atoms with van der Waals surface area (Å²) in [7, 11) is 0. The summed E-state index contributed by atoms with van der Waals surface area (Å²) in [4.78, 5) is 26.7. The molecule has 26 heavy (non-hydrogen) atoms. The number of anilines is 1. The number of benzene rings is 2. The first-order chi connectivity index (χ1) is 12.7. The first-order valence-corrected chi connectivity index (χ1v) is 9.42. The number of hydrazone groups is 1. The van der Waals surface area contributed by atoms with Gasteiger partial charge in [0, 0.05) is 16.7 Å². The van der Waals surface area contributed by atoms with E-state index in [0.717, 1.165) is 47.9 Å². The van der Waals surface area contributed by atoms with E-state index in [0.29, 0.717) is 5.56 Å². The number of carbonyl (C=O) groups excluding carboxylic acids is 2. The number of hydrogen-bond acceptors (Lipinski definition) is 3. The predicted molar refractivity (Wildman–Crippen MR) is 104 cm³/mol. The molecule has 0 radical (unpaired) electrons. The molecule has 1 aliphatic carbocycles. The van der Waals surface area contributed by atoms with Crippen LogP contribution < -0.4 is 10.3 Å². The van der Waals surface area contributed by atoms with Crippen LogP contribution in [0.4, 0.5) is 5.69 Å². The lowest BCUT2D eigenvalue weighted by atomic mass is 9.99. The molecule has 134 valence electrons. The quantitative estimate of drug-likeness (QED) is 0.851. The van der Waals surface area contributed by atoms with Crippen LogP contribution >= 0.6 is 0 Å². The Bertz CT molecular complexity index is 873. The van der Waals surface area contributed by atoms with Crippen molar-refractivity contribution in [3.8, 4) is 0 Å². The van der Waals surface area contributed by atoms with E-state index < -0.39 is 0 Å². The predicted octanol–water partition coefficient (Wildman–Crippen LogP) is 4.02. The maximum absolute atomic E-state index is 12.7. The van der Waals surface area contributed by atoms with Crippen molar-refractivity contribution in [3.63, 3.8) is 0 Å². The normalized spacial score (nSPS) is 17.2. The van der Waals surface area contributed by atoms with Crippen LogP contribution in [0.2, 0.25) is 0 Å². The van der Waals surface area contributed by atoms with E-state index in [-0.39, 0.29) is 18.4 Å². The molecule has 0 atom stereocenters. The summed E-state index contributed by atoms with van der Waals surface area (Å²) in [6.07, 6.45) is 7.94. The van der Waals surface area contributed by atoms with Gasteiger partial charge < -0.3 is 0 Å². The highest BCUT2D eigenvalue weighted by molar-refractivity contribution is 6.26. The molecule has 1 aliphatic heterocycles. The molecule has 5 heteroatoms. The molecule has 1 heterocycles. The van der Waals surface area contributed by atoms with Gasteiger partial charge in [-0.15, -0.1) is 0 Å². The van der Waals surface area contributed by atoms with Crippen LogP contribution in [0.5, 0.6) is 0 Å². The maximum atomic E-state index is 12.7. The zero-order valence-electron chi connectivity index (χ0n) is 14.8. The molecule has 2 aliphatic rings. The van der Waals surface area contributed by atoms with Gasteiger partial charge in [-0.05, 0) is 43.2 Å². The molecule has 0 aromatic heterocycles. The number of carbonyl (C=O) groups is 2. The van der Waals surface area contributed by atoms with Gasteiger partial charge >= 0.3 is 0 Å². The second-order valence-electron chi connectivity index (χ2n) is 7.05. The van der Waals surface area contributed by atoms with Gasteiger partial charge in [0.25, 0.3) is 11.8 Å². The van der Waals surface area contributed by atoms with Gasteiger partial charge in [-0.2, -0.15) is 5.10 Å². The molecule has 0 saturated heterocycles. The standard InChI is InChI=1S/C21H23N3O2/c25-19(23-22-16-10-4-2-1-3-5-11-16)14-24-18-13-7-9-15-8-6-12-17(20(15)18)21(24)26/h6-9,12-13H,1-5,10-11,14H2,(H,23,25). The van der Waals surface area contributed by atoms with Crippen LogP contribution in [0.3, 0.4) is 0 Å². The molecule has 0 spiro atoms. The Hall–Kier alpha value is -2.69. The largest absolute Gasteiger partial charge is 0.298 e. The Morgan fingerprint density at radius 3 is 2.46 bits per heavy atom. The molecule has 1 fully saturated rings. The third kappa shape index (κ3) is 3.21. The van der Waals surface area contributed by atoms with Crippen molar-refractivity contribution in [2.45, 2.75) is 44.9 Å². The van der Waals surface area contributed by atoms with Crippen molar-refractivity contribution in [1.82, 2.24) is 5.43 Å². The highest BCUT2D eigenvalue weighted by Crippen LogP contribution is 2.36. The summed E-state index contributed by atoms with van der Waals surface area (Å²) in [6.45, 7) is -0.0105. The Kier molecular flexibility index (Phi) is 4.69. The smallest absolute Gasteiger partial charge is 0.260 e. The first-order valence-electron chi connectivity index (χ1n) is 9.42. The van der Waals surface area contributed by atoms with Crippen LogP contribution in [-0.2, 0) is 4.79 Å². The summed E-state index contributed by atoms with van der Waals surface area (Å²) in [5.74, 6) is -0.372. The second-order valence-corrected chi connectivity index (χ2v) is 7.05. The van der Waals surface area contributed by atoms with Gasteiger partial charge in [-0.25, -0.2) is 5.43 Å². The monoisotopic (exact) mass is 349 g/mol. The molecular weight excluding hydrogens is 326 g/mol. The van der Waals surface area contributed by atoms with Crippen LogP contribution in [0.25, 0.3) is 10.8 Å². The van der Waals surface area contributed by atoms with E-state index in [2.05, 4.69) is 10.5 Å². The van der Waals surface area contributed by atoms with Crippen LogP contribution in [0.15, 0.2) is 41.5 Å².